The first-order valence-corrected chi connectivity index (χ1v) is 8.76. The van der Waals surface area contributed by atoms with Gasteiger partial charge in [0.15, 0.2) is 0 Å². The topological polar surface area (TPSA) is 102 Å². The summed E-state index contributed by atoms with van der Waals surface area (Å²) >= 11 is 0. The van der Waals surface area contributed by atoms with Crippen molar-refractivity contribution in [2.24, 2.45) is 5.92 Å². The van der Waals surface area contributed by atoms with Crippen molar-refractivity contribution in [3.63, 3.8) is 0 Å². The highest BCUT2D eigenvalue weighted by Crippen LogP contribution is 2.23. The van der Waals surface area contributed by atoms with Gasteiger partial charge in [-0.25, -0.2) is 0 Å². The van der Waals surface area contributed by atoms with Crippen molar-refractivity contribution in [2.45, 2.75) is 26.2 Å². The number of nitro benzene ring substituents is 1. The average Bonchev–Trinajstić information content (AvgIpc) is 2.64. The van der Waals surface area contributed by atoms with E-state index < -0.39 is 10.8 Å². The zero-order valence-corrected chi connectivity index (χ0v) is 15.2. The maximum atomic E-state index is 12.2. The molecule has 0 aliphatic carbocycles. The SMILES string of the molecule is COC(=O)C1CCN(CCCNC(=O)c2cccc(C)c2[N+](=O)[O-])CC1. The number of ether oxygens (including phenoxy) is 1. The molecule has 1 saturated heterocycles. The molecule has 142 valence electrons. The van der Waals surface area contributed by atoms with Crippen molar-refractivity contribution in [3.8, 4) is 0 Å². The van der Waals surface area contributed by atoms with E-state index in [1.54, 1.807) is 19.1 Å². The van der Waals surface area contributed by atoms with Crippen molar-refractivity contribution >= 4 is 17.6 Å². The number of nitrogens with one attached hydrogen (secondary N) is 1. The van der Waals surface area contributed by atoms with Gasteiger partial charge in [0.2, 0.25) is 0 Å². The molecule has 1 amide bonds. The first-order valence-electron chi connectivity index (χ1n) is 8.76. The highest BCUT2D eigenvalue weighted by atomic mass is 16.6. The van der Waals surface area contributed by atoms with Gasteiger partial charge < -0.3 is 15.0 Å². The molecule has 1 aliphatic heterocycles. The van der Waals surface area contributed by atoms with E-state index in [4.69, 9.17) is 4.74 Å². The van der Waals surface area contributed by atoms with E-state index in [9.17, 15) is 19.7 Å². The van der Waals surface area contributed by atoms with Crippen LogP contribution < -0.4 is 5.32 Å². The molecular weight excluding hydrogens is 338 g/mol. The van der Waals surface area contributed by atoms with Gasteiger partial charge in [-0.05, 0) is 51.9 Å². The minimum Gasteiger partial charge on any atom is -0.469 e. The normalized spacial score (nSPS) is 15.5. The summed E-state index contributed by atoms with van der Waals surface area (Å²) in [6, 6.07) is 4.73. The molecule has 8 heteroatoms. The van der Waals surface area contributed by atoms with E-state index in [1.807, 2.05) is 0 Å². The number of nitro groups is 1. The summed E-state index contributed by atoms with van der Waals surface area (Å²) in [5.74, 6) is -0.584. The lowest BCUT2D eigenvalue weighted by Crippen LogP contribution is -2.38. The van der Waals surface area contributed by atoms with Crippen molar-refractivity contribution in [1.29, 1.82) is 0 Å². The van der Waals surface area contributed by atoms with Crippen LogP contribution in [0.2, 0.25) is 0 Å². The van der Waals surface area contributed by atoms with Gasteiger partial charge in [0, 0.05) is 12.1 Å². The molecule has 1 heterocycles. The molecule has 0 spiro atoms. The monoisotopic (exact) mass is 363 g/mol. The number of likely N-dealkylation sites (tertiary alicyclic amines) is 1. The molecule has 0 aromatic heterocycles. The number of aryl methyl sites for hydroxylation is 1. The highest BCUT2D eigenvalue weighted by molar-refractivity contribution is 5.98. The Morgan fingerprint density at radius 2 is 2.04 bits per heavy atom. The summed E-state index contributed by atoms with van der Waals surface area (Å²) in [5, 5.41) is 13.9. The van der Waals surface area contributed by atoms with Gasteiger partial charge in [0.05, 0.1) is 18.0 Å². The molecule has 1 aliphatic rings. The molecule has 0 saturated carbocycles. The first-order chi connectivity index (χ1) is 12.4. The third kappa shape index (κ3) is 5.01. The van der Waals surface area contributed by atoms with Gasteiger partial charge in [-0.1, -0.05) is 12.1 Å². The van der Waals surface area contributed by atoms with Crippen LogP contribution in [0.3, 0.4) is 0 Å². The Balaban J connectivity index is 1.76. The molecule has 0 atom stereocenters. The summed E-state index contributed by atoms with van der Waals surface area (Å²) in [5.41, 5.74) is 0.417. The summed E-state index contributed by atoms with van der Waals surface area (Å²) < 4.78 is 4.77. The van der Waals surface area contributed by atoms with Crippen LogP contribution in [0, 0.1) is 23.0 Å². The maximum absolute atomic E-state index is 12.2. The van der Waals surface area contributed by atoms with E-state index in [0.717, 1.165) is 38.9 Å². The summed E-state index contributed by atoms with van der Waals surface area (Å²) in [4.78, 5) is 36.6. The van der Waals surface area contributed by atoms with Gasteiger partial charge in [-0.2, -0.15) is 0 Å². The van der Waals surface area contributed by atoms with Gasteiger partial charge in [-0.15, -0.1) is 0 Å². The second kappa shape index (κ2) is 9.28. The molecule has 1 fully saturated rings. The number of carbonyl (C=O) groups excluding carboxylic acids is 2. The number of piperidine rings is 1. The third-order valence-corrected chi connectivity index (χ3v) is 4.72. The second-order valence-corrected chi connectivity index (χ2v) is 6.48. The summed E-state index contributed by atoms with van der Waals surface area (Å²) in [7, 11) is 1.41. The number of esters is 1. The predicted octanol–water partition coefficient (Wildman–Crippen LogP) is 1.91. The van der Waals surface area contributed by atoms with Crippen LogP contribution in [-0.4, -0.2) is 55.0 Å². The number of hydrogen-bond acceptors (Lipinski definition) is 6. The molecule has 1 N–H and O–H groups in total. The number of nitrogens with zero attached hydrogens (tertiary/aromatic N) is 2. The first kappa shape index (κ1) is 19.8. The van der Waals surface area contributed by atoms with Crippen molar-refractivity contribution < 1.29 is 19.2 Å². The largest absolute Gasteiger partial charge is 0.469 e. The Kier molecular flexibility index (Phi) is 7.08. The van der Waals surface area contributed by atoms with Gasteiger partial charge in [0.1, 0.15) is 5.56 Å². The number of para-hydroxylation sites is 1. The van der Waals surface area contributed by atoms with E-state index in [1.165, 1.54) is 13.2 Å². The van der Waals surface area contributed by atoms with Crippen LogP contribution in [0.1, 0.15) is 35.2 Å². The van der Waals surface area contributed by atoms with E-state index in [2.05, 4.69) is 10.2 Å². The Labute approximate surface area is 152 Å². The van der Waals surface area contributed by atoms with Gasteiger partial charge in [-0.3, -0.25) is 19.7 Å². The zero-order valence-electron chi connectivity index (χ0n) is 15.2. The molecule has 0 unspecified atom stereocenters. The minimum atomic E-state index is -0.518. The molecule has 0 radical (unpaired) electrons. The maximum Gasteiger partial charge on any atom is 0.308 e. The third-order valence-electron chi connectivity index (χ3n) is 4.72. The lowest BCUT2D eigenvalue weighted by molar-refractivity contribution is -0.385. The zero-order chi connectivity index (χ0) is 19.1. The fourth-order valence-electron chi connectivity index (χ4n) is 3.24. The molecule has 1 aromatic rings. The second-order valence-electron chi connectivity index (χ2n) is 6.48. The lowest BCUT2D eigenvalue weighted by Gasteiger charge is -2.30. The Hall–Kier alpha value is -2.48. The van der Waals surface area contributed by atoms with Crippen LogP contribution in [0.25, 0.3) is 0 Å². The minimum absolute atomic E-state index is 0.0159. The van der Waals surface area contributed by atoms with E-state index in [0.29, 0.717) is 12.1 Å². The average molecular weight is 363 g/mol. The fourth-order valence-corrected chi connectivity index (χ4v) is 3.24. The van der Waals surface area contributed by atoms with Gasteiger partial charge >= 0.3 is 5.97 Å². The summed E-state index contributed by atoms with van der Waals surface area (Å²) in [6.07, 6.45) is 2.32. The predicted molar refractivity (Wildman–Crippen MR) is 96.0 cm³/mol. The van der Waals surface area contributed by atoms with Crippen molar-refractivity contribution in [1.82, 2.24) is 10.2 Å². The van der Waals surface area contributed by atoms with E-state index in [-0.39, 0.29) is 23.1 Å². The van der Waals surface area contributed by atoms with Crippen LogP contribution in [-0.2, 0) is 9.53 Å². The van der Waals surface area contributed by atoms with Crippen LogP contribution in [0.15, 0.2) is 18.2 Å². The number of methoxy groups -OCH3 is 1. The van der Waals surface area contributed by atoms with Gasteiger partial charge in [0.25, 0.3) is 11.6 Å². The molecular formula is C18H25N3O5. The molecule has 1 aromatic carbocycles. The van der Waals surface area contributed by atoms with Crippen LogP contribution >= 0.6 is 0 Å². The smallest absolute Gasteiger partial charge is 0.308 e. The van der Waals surface area contributed by atoms with Crippen LogP contribution in [0.5, 0.6) is 0 Å². The fraction of sp³-hybridized carbons (Fsp3) is 0.556. The number of hydrogen-bond donors (Lipinski definition) is 1. The highest BCUT2D eigenvalue weighted by Gasteiger charge is 2.25. The summed E-state index contributed by atoms with van der Waals surface area (Å²) in [6.45, 7) is 4.53. The molecule has 2 rings (SSSR count). The molecule has 26 heavy (non-hydrogen) atoms. The van der Waals surface area contributed by atoms with Crippen molar-refractivity contribution in [2.75, 3.05) is 33.3 Å². The Bertz CT molecular complexity index is 669. The number of carbonyl (C=O) groups is 2. The van der Waals surface area contributed by atoms with Crippen molar-refractivity contribution in [3.05, 3.63) is 39.4 Å². The number of amides is 1. The Morgan fingerprint density at radius 3 is 2.65 bits per heavy atom. The number of rotatable bonds is 7. The quantitative estimate of drug-likeness (QED) is 0.344. The Morgan fingerprint density at radius 1 is 1.35 bits per heavy atom. The standard InChI is InChI=1S/C18H25N3O5/c1-13-5-3-6-15(16(13)21(24)25)17(22)19-9-4-10-20-11-7-14(8-12-20)18(23)26-2/h3,5-6,14H,4,7-12H2,1-2H3,(H,19,22). The number of benzene rings is 1. The molecule has 8 nitrogen and oxygen atoms in total. The lowest BCUT2D eigenvalue weighted by atomic mass is 9.97. The van der Waals surface area contributed by atoms with E-state index >= 15 is 0 Å². The van der Waals surface area contributed by atoms with Crippen LogP contribution in [0.4, 0.5) is 5.69 Å². The molecule has 0 bridgehead atoms.